The lowest BCUT2D eigenvalue weighted by molar-refractivity contribution is -0.121. The van der Waals surface area contributed by atoms with Gasteiger partial charge in [-0.2, -0.15) is 4.31 Å². The Bertz CT molecular complexity index is 600. The fourth-order valence-electron chi connectivity index (χ4n) is 1.85. The van der Waals surface area contributed by atoms with Gasteiger partial charge in [0.05, 0.1) is 6.26 Å². The Morgan fingerprint density at radius 2 is 2.00 bits per heavy atom. The zero-order valence-corrected chi connectivity index (χ0v) is 13.4. The highest BCUT2D eigenvalue weighted by Crippen LogP contribution is 2.03. The van der Waals surface area contributed by atoms with Gasteiger partial charge in [0.2, 0.25) is 15.9 Å². The topological polar surface area (TPSA) is 66.5 Å². The van der Waals surface area contributed by atoms with Crippen LogP contribution in [-0.4, -0.2) is 44.5 Å². The van der Waals surface area contributed by atoms with Crippen LogP contribution in [0.3, 0.4) is 0 Å². The van der Waals surface area contributed by atoms with Gasteiger partial charge < -0.3 is 5.32 Å². The third-order valence-corrected chi connectivity index (χ3v) is 4.31. The van der Waals surface area contributed by atoms with Crippen molar-refractivity contribution in [3.05, 3.63) is 48.3 Å². The highest BCUT2D eigenvalue weighted by molar-refractivity contribution is 7.88. The van der Waals surface area contributed by atoms with Crippen LogP contribution < -0.4 is 5.32 Å². The van der Waals surface area contributed by atoms with Crippen LogP contribution in [0.15, 0.2) is 36.9 Å². The summed E-state index contributed by atoms with van der Waals surface area (Å²) in [7, 11) is -3.34. The maximum Gasteiger partial charge on any atom is 0.221 e. The summed E-state index contributed by atoms with van der Waals surface area (Å²) in [6.45, 7) is 4.22. The summed E-state index contributed by atoms with van der Waals surface area (Å²) in [6.07, 6.45) is 3.26. The maximum absolute atomic E-state index is 12.7. The third-order valence-electron chi connectivity index (χ3n) is 3.04. The van der Waals surface area contributed by atoms with Crippen LogP contribution in [0, 0.1) is 5.82 Å². The van der Waals surface area contributed by atoms with E-state index in [1.54, 1.807) is 12.1 Å². The smallest absolute Gasteiger partial charge is 0.221 e. The van der Waals surface area contributed by atoms with Crippen LogP contribution in [-0.2, 0) is 21.2 Å². The number of hydrogen-bond donors (Lipinski definition) is 1. The molecule has 1 rings (SSSR count). The van der Waals surface area contributed by atoms with Crippen LogP contribution >= 0.6 is 0 Å². The average molecular weight is 328 g/mol. The predicted molar refractivity (Wildman–Crippen MR) is 84.3 cm³/mol. The van der Waals surface area contributed by atoms with Crippen LogP contribution in [0.1, 0.15) is 12.0 Å². The summed E-state index contributed by atoms with van der Waals surface area (Å²) in [5.74, 6) is -0.518. The molecular weight excluding hydrogens is 307 g/mol. The van der Waals surface area contributed by atoms with Crippen molar-refractivity contribution in [3.63, 3.8) is 0 Å². The average Bonchev–Trinajstić information content (AvgIpc) is 2.44. The number of sulfonamides is 1. The zero-order valence-electron chi connectivity index (χ0n) is 12.6. The van der Waals surface area contributed by atoms with E-state index in [9.17, 15) is 17.6 Å². The summed E-state index contributed by atoms with van der Waals surface area (Å²) < 4.78 is 36.9. The van der Waals surface area contributed by atoms with Crippen molar-refractivity contribution in [1.29, 1.82) is 0 Å². The maximum atomic E-state index is 12.7. The Balaban J connectivity index is 2.33. The molecule has 1 aromatic rings. The number of benzene rings is 1. The van der Waals surface area contributed by atoms with Gasteiger partial charge >= 0.3 is 0 Å². The standard InChI is InChI=1S/C15H21FN2O3S/c1-3-11-18(22(2,20)21)12-9-15(19)17-10-8-13-4-6-14(16)7-5-13/h3-7H,1,8-12H2,2H3,(H,17,19). The second-order valence-corrected chi connectivity index (χ2v) is 6.87. The Hall–Kier alpha value is -1.73. The quantitative estimate of drug-likeness (QED) is 0.695. The normalized spacial score (nSPS) is 11.4. The SMILES string of the molecule is C=CCN(CCC(=O)NCCc1ccc(F)cc1)S(C)(=O)=O. The van der Waals surface area contributed by atoms with Crippen molar-refractivity contribution >= 4 is 15.9 Å². The molecule has 0 aliphatic carbocycles. The van der Waals surface area contributed by atoms with Gasteiger partial charge in [-0.15, -0.1) is 6.58 Å². The van der Waals surface area contributed by atoms with Gasteiger partial charge in [0.25, 0.3) is 0 Å². The van der Waals surface area contributed by atoms with Crippen molar-refractivity contribution in [2.75, 3.05) is 25.9 Å². The lowest BCUT2D eigenvalue weighted by Crippen LogP contribution is -2.35. The first-order valence-corrected chi connectivity index (χ1v) is 8.75. The van der Waals surface area contributed by atoms with Gasteiger partial charge in [-0.25, -0.2) is 12.8 Å². The van der Waals surface area contributed by atoms with Crippen LogP contribution in [0.2, 0.25) is 0 Å². The van der Waals surface area contributed by atoms with Crippen molar-refractivity contribution in [2.45, 2.75) is 12.8 Å². The summed E-state index contributed by atoms with van der Waals surface area (Å²) in [6, 6.07) is 6.07. The molecule has 1 N–H and O–H groups in total. The molecule has 0 aromatic heterocycles. The van der Waals surface area contributed by atoms with Crippen molar-refractivity contribution < 1.29 is 17.6 Å². The van der Waals surface area contributed by atoms with Gasteiger partial charge in [0.1, 0.15) is 5.82 Å². The summed E-state index contributed by atoms with van der Waals surface area (Å²) in [5, 5.41) is 2.71. The number of nitrogens with zero attached hydrogens (tertiary/aromatic N) is 1. The van der Waals surface area contributed by atoms with Crippen LogP contribution in [0.4, 0.5) is 4.39 Å². The molecule has 5 nitrogen and oxygen atoms in total. The number of halogens is 1. The molecule has 0 saturated carbocycles. The minimum atomic E-state index is -3.34. The molecule has 0 fully saturated rings. The van der Waals surface area contributed by atoms with E-state index in [0.29, 0.717) is 13.0 Å². The fraction of sp³-hybridized carbons (Fsp3) is 0.400. The van der Waals surface area contributed by atoms with E-state index >= 15 is 0 Å². The fourth-order valence-corrected chi connectivity index (χ4v) is 2.65. The Labute approximate surface area is 130 Å². The molecule has 0 unspecified atom stereocenters. The van der Waals surface area contributed by atoms with Crippen molar-refractivity contribution in [3.8, 4) is 0 Å². The number of rotatable bonds is 9. The summed E-state index contributed by atoms with van der Waals surface area (Å²) in [4.78, 5) is 11.7. The van der Waals surface area contributed by atoms with Crippen LogP contribution in [0.25, 0.3) is 0 Å². The van der Waals surface area contributed by atoms with E-state index in [0.717, 1.165) is 11.8 Å². The highest BCUT2D eigenvalue weighted by atomic mass is 32.2. The van der Waals surface area contributed by atoms with E-state index in [-0.39, 0.29) is 31.2 Å². The van der Waals surface area contributed by atoms with Gasteiger partial charge in [-0.1, -0.05) is 18.2 Å². The molecule has 0 saturated heterocycles. The van der Waals surface area contributed by atoms with Gasteiger partial charge in [-0.05, 0) is 24.1 Å². The molecule has 0 aliphatic heterocycles. The van der Waals surface area contributed by atoms with Gasteiger partial charge in [0.15, 0.2) is 0 Å². The van der Waals surface area contributed by atoms with E-state index in [1.807, 2.05) is 0 Å². The Kier molecular flexibility index (Phi) is 7.20. The van der Waals surface area contributed by atoms with E-state index in [4.69, 9.17) is 0 Å². The largest absolute Gasteiger partial charge is 0.356 e. The molecule has 0 atom stereocenters. The lowest BCUT2D eigenvalue weighted by atomic mass is 10.1. The Morgan fingerprint density at radius 1 is 1.36 bits per heavy atom. The number of hydrogen-bond acceptors (Lipinski definition) is 3. The molecule has 0 bridgehead atoms. The van der Waals surface area contributed by atoms with Crippen molar-refractivity contribution in [1.82, 2.24) is 9.62 Å². The number of carbonyl (C=O) groups excluding carboxylic acids is 1. The number of carbonyl (C=O) groups is 1. The first kappa shape index (κ1) is 18.3. The minimum Gasteiger partial charge on any atom is -0.356 e. The highest BCUT2D eigenvalue weighted by Gasteiger charge is 2.15. The summed E-state index contributed by atoms with van der Waals surface area (Å²) in [5.41, 5.74) is 0.922. The summed E-state index contributed by atoms with van der Waals surface area (Å²) >= 11 is 0. The molecule has 0 heterocycles. The first-order valence-electron chi connectivity index (χ1n) is 6.90. The molecule has 0 aliphatic rings. The monoisotopic (exact) mass is 328 g/mol. The molecule has 1 aromatic carbocycles. The van der Waals surface area contributed by atoms with E-state index in [2.05, 4.69) is 11.9 Å². The molecule has 22 heavy (non-hydrogen) atoms. The van der Waals surface area contributed by atoms with E-state index < -0.39 is 10.0 Å². The van der Waals surface area contributed by atoms with Crippen LogP contribution in [0.5, 0.6) is 0 Å². The zero-order chi connectivity index (χ0) is 16.6. The second-order valence-electron chi connectivity index (χ2n) is 4.89. The predicted octanol–water partition coefficient (Wildman–Crippen LogP) is 1.32. The molecule has 122 valence electrons. The van der Waals surface area contributed by atoms with Gasteiger partial charge in [-0.3, -0.25) is 4.79 Å². The molecular formula is C15H21FN2O3S. The van der Waals surface area contributed by atoms with E-state index in [1.165, 1.54) is 22.5 Å². The minimum absolute atomic E-state index is 0.0876. The molecule has 7 heteroatoms. The number of amides is 1. The lowest BCUT2D eigenvalue weighted by Gasteiger charge is -2.17. The second kappa shape index (κ2) is 8.65. The Morgan fingerprint density at radius 3 is 2.55 bits per heavy atom. The van der Waals surface area contributed by atoms with Crippen molar-refractivity contribution in [2.24, 2.45) is 0 Å². The molecule has 0 spiro atoms. The number of nitrogens with one attached hydrogen (secondary N) is 1. The third kappa shape index (κ3) is 6.82. The van der Waals surface area contributed by atoms with Gasteiger partial charge in [0, 0.05) is 26.1 Å². The first-order chi connectivity index (χ1) is 10.3. The molecule has 0 radical (unpaired) electrons. The molecule has 1 amide bonds.